The highest BCUT2D eigenvalue weighted by atomic mass is 79.9. The quantitative estimate of drug-likeness (QED) is 0.785. The lowest BCUT2D eigenvalue weighted by molar-refractivity contribution is 0.0526. The van der Waals surface area contributed by atoms with E-state index < -0.39 is 0 Å². The number of hydrogen-bond donors (Lipinski definition) is 0. The molecule has 15 heavy (non-hydrogen) atoms. The molecule has 0 radical (unpaired) electrons. The predicted octanol–water partition coefficient (Wildman–Crippen LogP) is 3.50. The predicted molar refractivity (Wildman–Crippen MR) is 62.1 cm³/mol. The number of carbonyl (C=O) groups excluding carboxylic acids is 1. The Hall–Kier alpha value is -0.830. The highest BCUT2D eigenvalue weighted by molar-refractivity contribution is 9.10. The van der Waals surface area contributed by atoms with Gasteiger partial charge in [0.1, 0.15) is 0 Å². The zero-order chi connectivity index (χ0) is 10.8. The molecule has 0 heterocycles. The third-order valence-electron chi connectivity index (χ3n) is 2.53. The second kappa shape index (κ2) is 4.35. The van der Waals surface area contributed by atoms with E-state index in [-0.39, 0.29) is 5.97 Å². The normalized spacial score (nSPS) is 15.1. The van der Waals surface area contributed by atoms with Crippen molar-refractivity contribution in [2.75, 3.05) is 6.61 Å². The fourth-order valence-corrected chi connectivity index (χ4v) is 2.30. The topological polar surface area (TPSA) is 26.3 Å². The van der Waals surface area contributed by atoms with E-state index in [0.717, 1.165) is 4.47 Å². The summed E-state index contributed by atoms with van der Waals surface area (Å²) in [5.74, 6) is 0.441. The Morgan fingerprint density at radius 2 is 2.27 bits per heavy atom. The Morgan fingerprint density at radius 3 is 2.80 bits per heavy atom. The molecule has 0 bridgehead atoms. The maximum absolute atomic E-state index is 11.5. The van der Waals surface area contributed by atoms with Crippen LogP contribution in [0.2, 0.25) is 0 Å². The van der Waals surface area contributed by atoms with Crippen molar-refractivity contribution in [1.82, 2.24) is 0 Å². The van der Waals surface area contributed by atoms with E-state index in [0.29, 0.717) is 18.1 Å². The first-order valence-electron chi connectivity index (χ1n) is 5.19. The van der Waals surface area contributed by atoms with Gasteiger partial charge in [0.25, 0.3) is 0 Å². The van der Waals surface area contributed by atoms with E-state index in [1.807, 2.05) is 25.1 Å². The van der Waals surface area contributed by atoms with Gasteiger partial charge in [-0.15, -0.1) is 0 Å². The van der Waals surface area contributed by atoms with Crippen molar-refractivity contribution in [3.05, 3.63) is 33.8 Å². The molecule has 0 amide bonds. The summed E-state index contributed by atoms with van der Waals surface area (Å²) in [6.45, 7) is 2.23. The average Bonchev–Trinajstić information content (AvgIpc) is 3.01. The van der Waals surface area contributed by atoms with Gasteiger partial charge in [-0.2, -0.15) is 0 Å². The van der Waals surface area contributed by atoms with Crippen molar-refractivity contribution >= 4 is 21.9 Å². The highest BCUT2D eigenvalue weighted by Gasteiger charge is 2.25. The van der Waals surface area contributed by atoms with Crippen LogP contribution in [0.15, 0.2) is 22.7 Å². The lowest BCUT2D eigenvalue weighted by Crippen LogP contribution is -2.04. The van der Waals surface area contributed by atoms with Crippen LogP contribution >= 0.6 is 15.9 Å². The van der Waals surface area contributed by atoms with E-state index in [9.17, 15) is 4.79 Å². The molecule has 1 aliphatic rings. The van der Waals surface area contributed by atoms with E-state index in [1.54, 1.807) is 0 Å². The van der Waals surface area contributed by atoms with Gasteiger partial charge in [0.15, 0.2) is 0 Å². The van der Waals surface area contributed by atoms with Crippen LogP contribution in [-0.4, -0.2) is 12.6 Å². The Balaban J connectivity index is 2.20. The van der Waals surface area contributed by atoms with Gasteiger partial charge in [-0.1, -0.05) is 22.0 Å². The molecular formula is C12H13BrO2. The number of benzene rings is 1. The Morgan fingerprint density at radius 1 is 1.53 bits per heavy atom. The summed E-state index contributed by atoms with van der Waals surface area (Å²) in [7, 11) is 0. The second-order valence-electron chi connectivity index (χ2n) is 3.73. The zero-order valence-corrected chi connectivity index (χ0v) is 10.2. The lowest BCUT2D eigenvalue weighted by atomic mass is 10.1. The number of carbonyl (C=O) groups is 1. The molecule has 1 aromatic rings. The van der Waals surface area contributed by atoms with Gasteiger partial charge in [-0.3, -0.25) is 0 Å². The smallest absolute Gasteiger partial charge is 0.338 e. The van der Waals surface area contributed by atoms with E-state index in [4.69, 9.17) is 4.74 Å². The standard InChI is InChI=1S/C12H13BrO2/c1-2-15-12(14)9-5-6-10(8-3-4-8)11(13)7-9/h5-8H,2-4H2,1H3. The monoisotopic (exact) mass is 268 g/mol. The molecule has 0 saturated heterocycles. The van der Waals surface area contributed by atoms with E-state index >= 15 is 0 Å². The molecule has 1 aliphatic carbocycles. The van der Waals surface area contributed by atoms with Crippen LogP contribution < -0.4 is 0 Å². The maximum Gasteiger partial charge on any atom is 0.338 e. The van der Waals surface area contributed by atoms with Crippen molar-refractivity contribution in [3.63, 3.8) is 0 Å². The molecule has 3 heteroatoms. The van der Waals surface area contributed by atoms with Crippen LogP contribution in [0, 0.1) is 0 Å². The first kappa shape index (κ1) is 10.7. The number of rotatable bonds is 3. The van der Waals surface area contributed by atoms with Crippen molar-refractivity contribution in [3.8, 4) is 0 Å². The lowest BCUT2D eigenvalue weighted by Gasteiger charge is -2.05. The van der Waals surface area contributed by atoms with Crippen molar-refractivity contribution in [2.45, 2.75) is 25.7 Å². The van der Waals surface area contributed by atoms with Crippen LogP contribution in [0.1, 0.15) is 41.6 Å². The molecule has 0 atom stereocenters. The van der Waals surface area contributed by atoms with Crippen LogP contribution in [0.25, 0.3) is 0 Å². The Kier molecular flexibility index (Phi) is 3.10. The highest BCUT2D eigenvalue weighted by Crippen LogP contribution is 2.43. The van der Waals surface area contributed by atoms with Gasteiger partial charge in [-0.05, 0) is 43.4 Å². The maximum atomic E-state index is 11.5. The van der Waals surface area contributed by atoms with Crippen LogP contribution in [-0.2, 0) is 4.74 Å². The molecule has 0 N–H and O–H groups in total. The number of ether oxygens (including phenoxy) is 1. The Labute approximate surface area is 97.8 Å². The van der Waals surface area contributed by atoms with E-state index in [1.165, 1.54) is 18.4 Å². The van der Waals surface area contributed by atoms with Crippen molar-refractivity contribution in [1.29, 1.82) is 0 Å². The third-order valence-corrected chi connectivity index (χ3v) is 3.22. The fraction of sp³-hybridized carbons (Fsp3) is 0.417. The fourth-order valence-electron chi connectivity index (χ4n) is 1.59. The van der Waals surface area contributed by atoms with Crippen molar-refractivity contribution < 1.29 is 9.53 Å². The minimum absolute atomic E-state index is 0.249. The second-order valence-corrected chi connectivity index (χ2v) is 4.59. The van der Waals surface area contributed by atoms with Gasteiger partial charge in [-0.25, -0.2) is 4.79 Å². The summed E-state index contributed by atoms with van der Waals surface area (Å²) in [5, 5.41) is 0. The van der Waals surface area contributed by atoms with Gasteiger partial charge >= 0.3 is 5.97 Å². The van der Waals surface area contributed by atoms with Gasteiger partial charge in [0.2, 0.25) is 0 Å². The summed E-state index contributed by atoms with van der Waals surface area (Å²) in [6, 6.07) is 5.72. The minimum Gasteiger partial charge on any atom is -0.462 e. The molecule has 0 aromatic heterocycles. The summed E-state index contributed by atoms with van der Waals surface area (Å²) >= 11 is 3.50. The summed E-state index contributed by atoms with van der Waals surface area (Å²) in [4.78, 5) is 11.5. The molecule has 2 nitrogen and oxygen atoms in total. The number of hydrogen-bond acceptors (Lipinski definition) is 2. The van der Waals surface area contributed by atoms with Crippen LogP contribution in [0.3, 0.4) is 0 Å². The molecule has 1 fully saturated rings. The largest absolute Gasteiger partial charge is 0.462 e. The van der Waals surface area contributed by atoms with Gasteiger partial charge < -0.3 is 4.74 Å². The van der Waals surface area contributed by atoms with Crippen molar-refractivity contribution in [2.24, 2.45) is 0 Å². The molecule has 0 aliphatic heterocycles. The SMILES string of the molecule is CCOC(=O)c1ccc(C2CC2)c(Br)c1. The van der Waals surface area contributed by atoms with Gasteiger partial charge in [0.05, 0.1) is 12.2 Å². The van der Waals surface area contributed by atoms with Crippen LogP contribution in [0.4, 0.5) is 0 Å². The molecule has 0 unspecified atom stereocenters. The van der Waals surface area contributed by atoms with Gasteiger partial charge in [0, 0.05) is 4.47 Å². The molecular weight excluding hydrogens is 256 g/mol. The number of esters is 1. The zero-order valence-electron chi connectivity index (χ0n) is 8.63. The minimum atomic E-state index is -0.249. The molecule has 0 spiro atoms. The average molecular weight is 269 g/mol. The molecule has 80 valence electrons. The molecule has 2 rings (SSSR count). The first-order chi connectivity index (χ1) is 7.22. The third kappa shape index (κ3) is 2.40. The van der Waals surface area contributed by atoms with E-state index in [2.05, 4.69) is 15.9 Å². The summed E-state index contributed by atoms with van der Waals surface area (Å²) in [5.41, 5.74) is 1.93. The Bertz CT molecular complexity index is 383. The summed E-state index contributed by atoms with van der Waals surface area (Å²) in [6.07, 6.45) is 2.52. The molecule has 1 saturated carbocycles. The summed E-state index contributed by atoms with van der Waals surface area (Å²) < 4.78 is 5.96. The number of halogens is 1. The molecule has 1 aromatic carbocycles. The first-order valence-corrected chi connectivity index (χ1v) is 5.98. The van der Waals surface area contributed by atoms with Crippen LogP contribution in [0.5, 0.6) is 0 Å².